The summed E-state index contributed by atoms with van der Waals surface area (Å²) in [4.78, 5) is 4.11. The zero-order valence-corrected chi connectivity index (χ0v) is 10.4. The Morgan fingerprint density at radius 2 is 2.32 bits per heavy atom. The number of fused-ring (bicyclic) bond motifs is 1. The normalized spacial score (nSPS) is 12.9. The molecule has 0 aliphatic carbocycles. The van der Waals surface area contributed by atoms with Crippen LogP contribution in [-0.4, -0.2) is 29.6 Å². The van der Waals surface area contributed by atoms with Crippen LogP contribution in [0.3, 0.4) is 0 Å². The molecule has 3 rings (SSSR count). The lowest BCUT2D eigenvalue weighted by molar-refractivity contribution is 0.548. The van der Waals surface area contributed by atoms with E-state index in [2.05, 4.69) is 25.8 Å². The van der Waals surface area contributed by atoms with E-state index < -0.39 is 0 Å². The zero-order valence-electron chi connectivity index (χ0n) is 10.4. The lowest BCUT2D eigenvalue weighted by atomic mass is 10.1. The van der Waals surface area contributed by atoms with E-state index >= 15 is 0 Å². The van der Waals surface area contributed by atoms with E-state index in [1.54, 1.807) is 34.0 Å². The molecule has 98 valence electrons. The lowest BCUT2D eigenvalue weighted by Crippen LogP contribution is -2.29. The molecule has 8 nitrogen and oxygen atoms in total. The van der Waals surface area contributed by atoms with Crippen LogP contribution < -0.4 is 11.3 Å². The first kappa shape index (κ1) is 11.8. The first-order valence-electron chi connectivity index (χ1n) is 5.86. The average molecular weight is 258 g/mol. The number of hydrazine groups is 1. The minimum atomic E-state index is -0.0848. The SMILES string of the molecule is Cn1cc(CC(NN)c2cnn3ccncc23)nn1. The van der Waals surface area contributed by atoms with Crippen LogP contribution in [0.1, 0.15) is 17.3 Å². The van der Waals surface area contributed by atoms with Crippen LogP contribution in [0.25, 0.3) is 5.52 Å². The van der Waals surface area contributed by atoms with Gasteiger partial charge in [-0.1, -0.05) is 5.21 Å². The third kappa shape index (κ3) is 2.18. The third-order valence-corrected chi connectivity index (χ3v) is 2.99. The Balaban J connectivity index is 1.93. The van der Waals surface area contributed by atoms with Crippen molar-refractivity contribution in [1.29, 1.82) is 0 Å². The largest absolute Gasteiger partial charge is 0.271 e. The number of aryl methyl sites for hydroxylation is 1. The maximum absolute atomic E-state index is 5.65. The van der Waals surface area contributed by atoms with Crippen molar-refractivity contribution in [2.75, 3.05) is 0 Å². The Bertz CT molecular complexity index is 685. The topological polar surface area (TPSA) is 99.0 Å². The highest BCUT2D eigenvalue weighted by molar-refractivity contribution is 5.53. The van der Waals surface area contributed by atoms with Crippen LogP contribution in [0.15, 0.2) is 31.0 Å². The van der Waals surface area contributed by atoms with E-state index in [1.807, 2.05) is 13.2 Å². The minimum absolute atomic E-state index is 0.0848. The van der Waals surface area contributed by atoms with E-state index in [0.29, 0.717) is 6.42 Å². The van der Waals surface area contributed by atoms with Crippen molar-refractivity contribution in [3.63, 3.8) is 0 Å². The van der Waals surface area contributed by atoms with Crippen molar-refractivity contribution in [2.45, 2.75) is 12.5 Å². The van der Waals surface area contributed by atoms with Gasteiger partial charge in [-0.2, -0.15) is 5.10 Å². The fraction of sp³-hybridized carbons (Fsp3) is 0.273. The van der Waals surface area contributed by atoms with Crippen LogP contribution in [-0.2, 0) is 13.5 Å². The van der Waals surface area contributed by atoms with Crippen molar-refractivity contribution < 1.29 is 0 Å². The first-order valence-corrected chi connectivity index (χ1v) is 5.86. The van der Waals surface area contributed by atoms with E-state index in [4.69, 9.17) is 5.84 Å². The Hall–Kier alpha value is -2.32. The molecule has 0 aromatic carbocycles. The number of nitrogens with one attached hydrogen (secondary N) is 1. The molecule has 0 amide bonds. The van der Waals surface area contributed by atoms with Crippen LogP contribution >= 0.6 is 0 Å². The van der Waals surface area contributed by atoms with E-state index in [1.165, 1.54) is 0 Å². The van der Waals surface area contributed by atoms with Crippen molar-refractivity contribution in [2.24, 2.45) is 12.9 Å². The molecule has 19 heavy (non-hydrogen) atoms. The molecular formula is C11H14N8. The molecule has 0 radical (unpaired) electrons. The molecule has 0 saturated heterocycles. The van der Waals surface area contributed by atoms with Gasteiger partial charge in [0.2, 0.25) is 0 Å². The summed E-state index contributed by atoms with van der Waals surface area (Å²) in [5, 5.41) is 12.3. The van der Waals surface area contributed by atoms with Gasteiger partial charge in [0, 0.05) is 37.6 Å². The predicted octanol–water partition coefficient (Wildman–Crippen LogP) is -0.395. The van der Waals surface area contributed by atoms with Gasteiger partial charge in [-0.05, 0) is 0 Å². The highest BCUT2D eigenvalue weighted by atomic mass is 15.4. The Kier molecular flexibility index (Phi) is 2.94. The maximum Gasteiger partial charge on any atom is 0.0893 e. The third-order valence-electron chi connectivity index (χ3n) is 2.99. The second-order valence-corrected chi connectivity index (χ2v) is 4.31. The van der Waals surface area contributed by atoms with Gasteiger partial charge in [0.15, 0.2) is 0 Å². The molecule has 0 aliphatic heterocycles. The fourth-order valence-corrected chi connectivity index (χ4v) is 2.08. The van der Waals surface area contributed by atoms with Crippen LogP contribution in [0, 0.1) is 0 Å². The molecule has 3 N–H and O–H groups in total. The maximum atomic E-state index is 5.65. The summed E-state index contributed by atoms with van der Waals surface area (Å²) in [6.45, 7) is 0. The van der Waals surface area contributed by atoms with Gasteiger partial charge in [0.05, 0.1) is 29.6 Å². The molecule has 0 bridgehead atoms. The molecular weight excluding hydrogens is 244 g/mol. The van der Waals surface area contributed by atoms with Crippen LogP contribution in [0.2, 0.25) is 0 Å². The van der Waals surface area contributed by atoms with Crippen molar-refractivity contribution in [3.05, 3.63) is 42.2 Å². The lowest BCUT2D eigenvalue weighted by Gasteiger charge is -2.12. The Morgan fingerprint density at radius 3 is 3.05 bits per heavy atom. The van der Waals surface area contributed by atoms with E-state index in [-0.39, 0.29) is 6.04 Å². The molecule has 1 atom stereocenters. The monoisotopic (exact) mass is 258 g/mol. The number of nitrogens with two attached hydrogens (primary N) is 1. The molecule has 3 aromatic rings. The summed E-state index contributed by atoms with van der Waals surface area (Å²) in [5.74, 6) is 5.65. The second-order valence-electron chi connectivity index (χ2n) is 4.31. The van der Waals surface area contributed by atoms with Crippen molar-refractivity contribution in [3.8, 4) is 0 Å². The van der Waals surface area contributed by atoms with Gasteiger partial charge in [0.25, 0.3) is 0 Å². The quantitative estimate of drug-likeness (QED) is 0.488. The molecule has 8 heteroatoms. The van der Waals surface area contributed by atoms with Crippen molar-refractivity contribution in [1.82, 2.24) is 35.0 Å². The molecule has 3 heterocycles. The van der Waals surface area contributed by atoms with Gasteiger partial charge in [-0.3, -0.25) is 20.9 Å². The van der Waals surface area contributed by atoms with Gasteiger partial charge < -0.3 is 0 Å². The van der Waals surface area contributed by atoms with Gasteiger partial charge in [-0.15, -0.1) is 5.10 Å². The number of hydrogen-bond donors (Lipinski definition) is 2. The molecule has 1 unspecified atom stereocenters. The van der Waals surface area contributed by atoms with Crippen molar-refractivity contribution >= 4 is 5.52 Å². The first-order chi connectivity index (χ1) is 9.28. The van der Waals surface area contributed by atoms with Gasteiger partial charge in [0.1, 0.15) is 0 Å². The fourth-order valence-electron chi connectivity index (χ4n) is 2.08. The number of hydrogen-bond acceptors (Lipinski definition) is 6. The summed E-state index contributed by atoms with van der Waals surface area (Å²) in [5.41, 5.74) is 5.58. The highest BCUT2D eigenvalue weighted by Crippen LogP contribution is 2.20. The standard InChI is InChI=1S/C11H14N8/c1-18-7-8(16-17-18)4-10(15-12)9-5-14-19-3-2-13-6-11(9)19/h2-3,5-7,10,15H,4,12H2,1H3. The molecule has 0 aliphatic rings. The van der Waals surface area contributed by atoms with E-state index in [9.17, 15) is 0 Å². The zero-order chi connectivity index (χ0) is 13.2. The number of aromatic nitrogens is 6. The Morgan fingerprint density at radius 1 is 1.42 bits per heavy atom. The summed E-state index contributed by atoms with van der Waals surface area (Å²) in [6, 6.07) is -0.0848. The minimum Gasteiger partial charge on any atom is -0.271 e. The van der Waals surface area contributed by atoms with E-state index in [0.717, 1.165) is 16.8 Å². The van der Waals surface area contributed by atoms with Crippen LogP contribution in [0.4, 0.5) is 0 Å². The summed E-state index contributed by atoms with van der Waals surface area (Å²) in [6.07, 6.45) is 9.56. The molecule has 0 saturated carbocycles. The Labute approximate surface area is 109 Å². The predicted molar refractivity (Wildman–Crippen MR) is 67.8 cm³/mol. The summed E-state index contributed by atoms with van der Waals surface area (Å²) in [7, 11) is 1.83. The molecule has 3 aromatic heterocycles. The second kappa shape index (κ2) is 4.75. The van der Waals surface area contributed by atoms with Crippen LogP contribution in [0.5, 0.6) is 0 Å². The molecule has 0 spiro atoms. The van der Waals surface area contributed by atoms with Gasteiger partial charge in [-0.25, -0.2) is 4.52 Å². The molecule has 0 fully saturated rings. The average Bonchev–Trinajstić information content (AvgIpc) is 3.02. The highest BCUT2D eigenvalue weighted by Gasteiger charge is 2.17. The summed E-state index contributed by atoms with van der Waals surface area (Å²) < 4.78 is 3.43. The number of nitrogens with zero attached hydrogens (tertiary/aromatic N) is 6. The smallest absolute Gasteiger partial charge is 0.0893 e. The number of rotatable bonds is 4. The summed E-state index contributed by atoms with van der Waals surface area (Å²) >= 11 is 0. The van der Waals surface area contributed by atoms with Gasteiger partial charge >= 0.3 is 0 Å².